The highest BCUT2D eigenvalue weighted by atomic mass is 79.9. The van der Waals surface area contributed by atoms with E-state index in [2.05, 4.69) is 15.9 Å². The minimum absolute atomic E-state index is 0.0186. The maximum atomic E-state index is 11.1. The van der Waals surface area contributed by atoms with E-state index in [1.165, 1.54) is 6.07 Å². The van der Waals surface area contributed by atoms with Gasteiger partial charge in [0.05, 0.1) is 4.92 Å². The second-order valence-corrected chi connectivity index (χ2v) is 6.08. The molecule has 0 bridgehead atoms. The van der Waals surface area contributed by atoms with Gasteiger partial charge in [0.25, 0.3) is 5.69 Å². The van der Waals surface area contributed by atoms with Gasteiger partial charge in [-0.2, -0.15) is 0 Å². The molecule has 4 nitrogen and oxygen atoms in total. The monoisotopic (exact) mass is 368 g/mol. The van der Waals surface area contributed by atoms with E-state index >= 15 is 0 Å². The first kappa shape index (κ1) is 15.9. The summed E-state index contributed by atoms with van der Waals surface area (Å²) in [5, 5.41) is 11.4. The Morgan fingerprint density at radius 3 is 2.52 bits per heavy atom. The fourth-order valence-electron chi connectivity index (χ4n) is 2.18. The molecule has 0 spiro atoms. The van der Waals surface area contributed by atoms with Crippen LogP contribution < -0.4 is 5.73 Å². The number of benzene rings is 2. The summed E-state index contributed by atoms with van der Waals surface area (Å²) in [4.78, 5) is 10.6. The number of rotatable bonds is 5. The minimum Gasteiger partial charge on any atom is -0.327 e. The van der Waals surface area contributed by atoms with Crippen LogP contribution in [0.2, 0.25) is 5.02 Å². The average Bonchev–Trinajstić information content (AvgIpc) is 2.43. The Morgan fingerprint density at radius 2 is 1.86 bits per heavy atom. The van der Waals surface area contributed by atoms with Gasteiger partial charge in [0, 0.05) is 27.2 Å². The number of hydrogen-bond donors (Lipinski definition) is 1. The molecule has 0 amide bonds. The molecular weight excluding hydrogens is 356 g/mol. The Morgan fingerprint density at radius 1 is 1.19 bits per heavy atom. The smallest absolute Gasteiger partial charge is 0.274 e. The van der Waals surface area contributed by atoms with Gasteiger partial charge in [-0.3, -0.25) is 10.1 Å². The lowest BCUT2D eigenvalue weighted by molar-refractivity contribution is -0.385. The number of nitrogens with zero attached hydrogens (tertiary/aromatic N) is 1. The second-order valence-electron chi connectivity index (χ2n) is 4.79. The van der Waals surface area contributed by atoms with E-state index in [0.29, 0.717) is 23.4 Å². The molecule has 1 atom stereocenters. The molecule has 2 N–H and O–H groups in total. The first-order valence-corrected chi connectivity index (χ1v) is 7.56. The van der Waals surface area contributed by atoms with Crippen LogP contribution in [0.25, 0.3) is 0 Å². The zero-order valence-electron chi connectivity index (χ0n) is 11.1. The van der Waals surface area contributed by atoms with Gasteiger partial charge in [-0.1, -0.05) is 51.8 Å². The van der Waals surface area contributed by atoms with Crippen LogP contribution in [0.3, 0.4) is 0 Å². The van der Waals surface area contributed by atoms with Crippen LogP contribution in [0.1, 0.15) is 11.1 Å². The zero-order valence-corrected chi connectivity index (χ0v) is 13.5. The quantitative estimate of drug-likeness (QED) is 0.636. The molecule has 0 aliphatic heterocycles. The molecule has 1 unspecified atom stereocenters. The van der Waals surface area contributed by atoms with Gasteiger partial charge in [-0.15, -0.1) is 0 Å². The van der Waals surface area contributed by atoms with Gasteiger partial charge in [0.1, 0.15) is 0 Å². The van der Waals surface area contributed by atoms with Crippen LogP contribution in [-0.2, 0) is 12.8 Å². The Balaban J connectivity index is 2.15. The lowest BCUT2D eigenvalue weighted by Gasteiger charge is -2.13. The van der Waals surface area contributed by atoms with Crippen LogP contribution in [0.15, 0.2) is 46.9 Å². The van der Waals surface area contributed by atoms with E-state index < -0.39 is 4.92 Å². The first-order valence-electron chi connectivity index (χ1n) is 6.39. The molecule has 21 heavy (non-hydrogen) atoms. The van der Waals surface area contributed by atoms with Gasteiger partial charge >= 0.3 is 0 Å². The summed E-state index contributed by atoms with van der Waals surface area (Å²) < 4.78 is 0.992. The van der Waals surface area contributed by atoms with E-state index in [1.807, 2.05) is 24.3 Å². The van der Waals surface area contributed by atoms with Gasteiger partial charge < -0.3 is 5.73 Å². The second kappa shape index (κ2) is 7.02. The zero-order chi connectivity index (χ0) is 15.4. The molecule has 0 saturated heterocycles. The lowest BCUT2D eigenvalue weighted by atomic mass is 9.99. The third-order valence-corrected chi connectivity index (χ3v) is 4.17. The van der Waals surface area contributed by atoms with Crippen LogP contribution in [0.4, 0.5) is 5.69 Å². The van der Waals surface area contributed by atoms with Gasteiger partial charge in [0.15, 0.2) is 0 Å². The third kappa shape index (κ3) is 4.27. The predicted molar refractivity (Wildman–Crippen MR) is 87.6 cm³/mol. The minimum atomic E-state index is -0.424. The molecule has 0 aliphatic carbocycles. The predicted octanol–water partition coefficient (Wildman–Crippen LogP) is 4.12. The van der Waals surface area contributed by atoms with Gasteiger partial charge in [0.2, 0.25) is 0 Å². The van der Waals surface area contributed by atoms with E-state index in [9.17, 15) is 10.1 Å². The largest absolute Gasteiger partial charge is 0.327 e. The van der Waals surface area contributed by atoms with E-state index in [1.54, 1.807) is 12.1 Å². The van der Waals surface area contributed by atoms with Crippen molar-refractivity contribution < 1.29 is 4.92 Å². The third-order valence-electron chi connectivity index (χ3n) is 3.17. The average molecular weight is 370 g/mol. The van der Waals surface area contributed by atoms with Gasteiger partial charge in [-0.05, 0) is 30.5 Å². The van der Waals surface area contributed by atoms with Crippen LogP contribution in [0, 0.1) is 10.1 Å². The highest BCUT2D eigenvalue weighted by Crippen LogP contribution is 2.25. The number of nitro groups is 1. The van der Waals surface area contributed by atoms with Crippen molar-refractivity contribution in [1.29, 1.82) is 0 Å². The topological polar surface area (TPSA) is 69.2 Å². The molecule has 0 radical (unpaired) electrons. The molecule has 0 fully saturated rings. The standard InChI is InChI=1S/C15H14BrClN2O2/c16-14-4-2-1-3-10(14)7-13(18)8-11-5-6-12(17)9-15(11)19(20)21/h1-6,9,13H,7-8,18H2. The van der Waals surface area contributed by atoms with Crippen LogP contribution in [-0.4, -0.2) is 11.0 Å². The van der Waals surface area contributed by atoms with Crippen LogP contribution in [0.5, 0.6) is 0 Å². The highest BCUT2D eigenvalue weighted by molar-refractivity contribution is 9.10. The molecule has 0 aromatic heterocycles. The van der Waals surface area contributed by atoms with Crippen molar-refractivity contribution in [2.45, 2.75) is 18.9 Å². The van der Waals surface area contributed by atoms with E-state index in [-0.39, 0.29) is 11.7 Å². The molecule has 110 valence electrons. The Hall–Kier alpha value is -1.43. The summed E-state index contributed by atoms with van der Waals surface area (Å²) >= 11 is 9.28. The maximum absolute atomic E-state index is 11.1. The number of nitro benzene ring substituents is 1. The number of hydrogen-bond acceptors (Lipinski definition) is 3. The van der Waals surface area contributed by atoms with Crippen molar-refractivity contribution >= 4 is 33.2 Å². The van der Waals surface area contributed by atoms with Crippen molar-refractivity contribution in [3.8, 4) is 0 Å². The SMILES string of the molecule is NC(Cc1ccccc1Br)Cc1ccc(Cl)cc1[N+](=O)[O-]. The van der Waals surface area contributed by atoms with Crippen molar-refractivity contribution in [3.63, 3.8) is 0 Å². The van der Waals surface area contributed by atoms with Crippen molar-refractivity contribution in [2.75, 3.05) is 0 Å². The molecule has 0 saturated carbocycles. The van der Waals surface area contributed by atoms with E-state index in [4.69, 9.17) is 17.3 Å². The lowest BCUT2D eigenvalue weighted by Crippen LogP contribution is -2.26. The molecular formula is C15H14BrClN2O2. The number of halogens is 2. The van der Waals surface area contributed by atoms with Crippen molar-refractivity contribution in [3.05, 3.63) is 73.2 Å². The van der Waals surface area contributed by atoms with Crippen LogP contribution >= 0.6 is 27.5 Å². The van der Waals surface area contributed by atoms with Crippen molar-refractivity contribution in [1.82, 2.24) is 0 Å². The fourth-order valence-corrected chi connectivity index (χ4v) is 2.79. The summed E-state index contributed by atoms with van der Waals surface area (Å²) in [6.45, 7) is 0. The fraction of sp³-hybridized carbons (Fsp3) is 0.200. The number of nitrogens with two attached hydrogens (primary N) is 1. The Kier molecular flexibility index (Phi) is 5.33. The Bertz CT molecular complexity index is 664. The Labute approximate surface area is 136 Å². The molecule has 2 aromatic carbocycles. The summed E-state index contributed by atoms with van der Waals surface area (Å²) in [5.74, 6) is 0. The summed E-state index contributed by atoms with van der Waals surface area (Å²) in [5.41, 5.74) is 7.84. The summed E-state index contributed by atoms with van der Waals surface area (Å²) in [6.07, 6.45) is 1.07. The molecule has 6 heteroatoms. The van der Waals surface area contributed by atoms with Crippen molar-refractivity contribution in [2.24, 2.45) is 5.73 Å². The summed E-state index contributed by atoms with van der Waals surface area (Å²) in [7, 11) is 0. The molecule has 0 aliphatic rings. The molecule has 2 aromatic rings. The molecule has 0 heterocycles. The van der Waals surface area contributed by atoms with E-state index in [0.717, 1.165) is 10.0 Å². The molecule has 2 rings (SSSR count). The maximum Gasteiger partial charge on any atom is 0.274 e. The highest BCUT2D eigenvalue weighted by Gasteiger charge is 2.17. The summed E-state index contributed by atoms with van der Waals surface area (Å²) in [6, 6.07) is 12.3. The first-order chi connectivity index (χ1) is 9.97. The normalized spacial score (nSPS) is 12.1. The van der Waals surface area contributed by atoms with Gasteiger partial charge in [-0.25, -0.2) is 0 Å².